The molecule has 0 saturated heterocycles. The van der Waals surface area contributed by atoms with Gasteiger partial charge in [-0.25, -0.2) is 0 Å². The molecule has 0 aromatic heterocycles. The lowest BCUT2D eigenvalue weighted by Gasteiger charge is -2.11. The van der Waals surface area contributed by atoms with Gasteiger partial charge in [-0.15, -0.1) is 0 Å². The molecule has 0 fully saturated rings. The van der Waals surface area contributed by atoms with Gasteiger partial charge in [0.25, 0.3) is 0 Å². The molecule has 0 saturated carbocycles. The number of hydrogen-bond donors (Lipinski definition) is 0. The first-order chi connectivity index (χ1) is 5.72. The van der Waals surface area contributed by atoms with E-state index in [1.807, 2.05) is 0 Å². The van der Waals surface area contributed by atoms with Crippen molar-refractivity contribution in [3.05, 3.63) is 0 Å². The molecule has 0 heterocycles. The molecule has 0 aromatic carbocycles. The summed E-state index contributed by atoms with van der Waals surface area (Å²) in [5.74, 6) is -0.441. The molecule has 0 aromatic rings. The van der Waals surface area contributed by atoms with Crippen molar-refractivity contribution in [1.29, 1.82) is 0 Å². The number of amides is 1. The zero-order valence-corrected chi connectivity index (χ0v) is 6.56. The molecule has 0 radical (unpaired) electrons. The van der Waals surface area contributed by atoms with Crippen LogP contribution in [-0.4, -0.2) is 30.8 Å². The van der Waals surface area contributed by atoms with Crippen LogP contribution >= 0.6 is 0 Å². The molecule has 0 aliphatic rings. The second-order valence-electron chi connectivity index (χ2n) is 1.86. The third-order valence-corrected chi connectivity index (χ3v) is 1.02. The largest absolute Gasteiger partial charge is 0.333 e. The third kappa shape index (κ3) is 4.40. The van der Waals surface area contributed by atoms with Gasteiger partial charge in [0, 0.05) is 19.9 Å². The van der Waals surface area contributed by atoms with Crippen LogP contribution in [-0.2, 0) is 24.3 Å². The highest BCUT2D eigenvalue weighted by Crippen LogP contribution is 1.94. The fourth-order valence-corrected chi connectivity index (χ4v) is 0.464. The fourth-order valence-electron chi connectivity index (χ4n) is 0.464. The van der Waals surface area contributed by atoms with Gasteiger partial charge in [-0.1, -0.05) is 4.99 Å². The van der Waals surface area contributed by atoms with Crippen molar-refractivity contribution >= 4 is 18.7 Å². The summed E-state index contributed by atoms with van der Waals surface area (Å²) in [4.78, 5) is 38.3. The highest BCUT2D eigenvalue weighted by atomic mass is 17.3. The van der Waals surface area contributed by atoms with Gasteiger partial charge < -0.3 is 4.79 Å². The molecule has 0 spiro atoms. The Balaban J connectivity index is 3.60. The standard InChI is InChI=1S/C6H9NO5/c1-7(12-11-5-9)6(10)3-2-4-8/h4-5H,2-3H2,1H3. The van der Waals surface area contributed by atoms with Crippen LogP contribution in [0.2, 0.25) is 0 Å². The number of hydrogen-bond acceptors (Lipinski definition) is 5. The maximum Gasteiger partial charge on any atom is 0.333 e. The summed E-state index contributed by atoms with van der Waals surface area (Å²) in [6.07, 6.45) is 0.766. The molecular weight excluding hydrogens is 166 g/mol. The van der Waals surface area contributed by atoms with Crippen LogP contribution in [0.15, 0.2) is 0 Å². The van der Waals surface area contributed by atoms with Crippen LogP contribution in [0.5, 0.6) is 0 Å². The van der Waals surface area contributed by atoms with Crippen molar-refractivity contribution in [2.75, 3.05) is 7.05 Å². The van der Waals surface area contributed by atoms with Gasteiger partial charge in [0.1, 0.15) is 6.29 Å². The fraction of sp³-hybridized carbons (Fsp3) is 0.500. The molecule has 0 aliphatic carbocycles. The second kappa shape index (κ2) is 6.29. The van der Waals surface area contributed by atoms with Crippen LogP contribution < -0.4 is 0 Å². The average Bonchev–Trinajstić information content (AvgIpc) is 2.10. The van der Waals surface area contributed by atoms with Crippen LogP contribution in [0, 0.1) is 0 Å². The van der Waals surface area contributed by atoms with Gasteiger partial charge in [-0.05, 0) is 0 Å². The maximum absolute atomic E-state index is 10.9. The first-order valence-corrected chi connectivity index (χ1v) is 3.19. The number of carbonyl (C=O) groups excluding carboxylic acids is 3. The Morgan fingerprint density at radius 3 is 2.67 bits per heavy atom. The van der Waals surface area contributed by atoms with E-state index in [0.29, 0.717) is 6.29 Å². The lowest BCUT2D eigenvalue weighted by molar-refractivity contribution is -0.367. The Kier molecular flexibility index (Phi) is 5.54. The molecule has 0 atom stereocenters. The lowest BCUT2D eigenvalue weighted by atomic mass is 10.3. The van der Waals surface area contributed by atoms with E-state index < -0.39 is 5.91 Å². The zero-order valence-electron chi connectivity index (χ0n) is 6.56. The summed E-state index contributed by atoms with van der Waals surface area (Å²) in [7, 11) is 1.27. The quantitative estimate of drug-likeness (QED) is 0.307. The molecular formula is C6H9NO5. The van der Waals surface area contributed by atoms with Crippen molar-refractivity contribution in [1.82, 2.24) is 5.06 Å². The number of hydroxylamine groups is 2. The molecule has 1 amide bonds. The van der Waals surface area contributed by atoms with Crippen LogP contribution in [0.4, 0.5) is 0 Å². The van der Waals surface area contributed by atoms with Crippen molar-refractivity contribution in [3.8, 4) is 0 Å². The predicted octanol–water partition coefficient (Wildman–Crippen LogP) is -0.557. The van der Waals surface area contributed by atoms with Crippen molar-refractivity contribution < 1.29 is 24.3 Å². The molecule has 12 heavy (non-hydrogen) atoms. The van der Waals surface area contributed by atoms with E-state index in [2.05, 4.69) is 9.88 Å². The SMILES string of the molecule is CN(OOC=O)C(=O)CCC=O. The second-order valence-corrected chi connectivity index (χ2v) is 1.86. The summed E-state index contributed by atoms with van der Waals surface area (Å²) >= 11 is 0. The third-order valence-electron chi connectivity index (χ3n) is 1.02. The minimum Gasteiger partial charge on any atom is -0.303 e. The minimum atomic E-state index is -0.441. The average molecular weight is 175 g/mol. The number of rotatable bonds is 6. The molecule has 6 nitrogen and oxygen atoms in total. The van der Waals surface area contributed by atoms with Gasteiger partial charge in [0.15, 0.2) is 0 Å². The zero-order chi connectivity index (χ0) is 9.40. The Morgan fingerprint density at radius 1 is 1.50 bits per heavy atom. The van der Waals surface area contributed by atoms with Crippen LogP contribution in [0.25, 0.3) is 0 Å². The molecule has 0 rings (SSSR count). The highest BCUT2D eigenvalue weighted by molar-refractivity contribution is 5.76. The first kappa shape index (κ1) is 10.6. The summed E-state index contributed by atoms with van der Waals surface area (Å²) in [6, 6.07) is 0. The van der Waals surface area contributed by atoms with Crippen LogP contribution in [0.1, 0.15) is 12.8 Å². The van der Waals surface area contributed by atoms with Crippen molar-refractivity contribution in [2.45, 2.75) is 12.8 Å². The summed E-state index contributed by atoms with van der Waals surface area (Å²) in [6.45, 7) is 0.0451. The van der Waals surface area contributed by atoms with E-state index in [9.17, 15) is 14.4 Å². The molecule has 0 aliphatic heterocycles. The predicted molar refractivity (Wildman–Crippen MR) is 36.3 cm³/mol. The monoisotopic (exact) mass is 175 g/mol. The Bertz CT molecular complexity index is 169. The molecule has 6 heteroatoms. The molecule has 0 unspecified atom stereocenters. The van der Waals surface area contributed by atoms with Crippen molar-refractivity contribution in [2.24, 2.45) is 0 Å². The van der Waals surface area contributed by atoms with Crippen molar-refractivity contribution in [3.63, 3.8) is 0 Å². The maximum atomic E-state index is 10.9. The lowest BCUT2D eigenvalue weighted by Crippen LogP contribution is -2.26. The van der Waals surface area contributed by atoms with E-state index in [1.165, 1.54) is 7.05 Å². The Morgan fingerprint density at radius 2 is 2.17 bits per heavy atom. The number of aldehydes is 1. The summed E-state index contributed by atoms with van der Waals surface area (Å²) < 4.78 is 0. The summed E-state index contributed by atoms with van der Waals surface area (Å²) in [5.41, 5.74) is 0. The van der Waals surface area contributed by atoms with E-state index in [-0.39, 0.29) is 19.3 Å². The smallest absolute Gasteiger partial charge is 0.303 e. The van der Waals surface area contributed by atoms with E-state index >= 15 is 0 Å². The first-order valence-electron chi connectivity index (χ1n) is 3.19. The number of carbonyl (C=O) groups is 3. The Labute approximate surface area is 68.9 Å². The van der Waals surface area contributed by atoms with Gasteiger partial charge in [0.2, 0.25) is 5.91 Å². The normalized spacial score (nSPS) is 8.75. The van der Waals surface area contributed by atoms with Gasteiger partial charge >= 0.3 is 6.47 Å². The minimum absolute atomic E-state index is 0.0300. The molecule has 0 N–H and O–H groups in total. The van der Waals surface area contributed by atoms with E-state index in [1.54, 1.807) is 0 Å². The van der Waals surface area contributed by atoms with Gasteiger partial charge in [-0.2, -0.15) is 5.06 Å². The van der Waals surface area contributed by atoms with Gasteiger partial charge in [-0.3, -0.25) is 14.5 Å². The number of nitrogens with zero attached hydrogens (tertiary/aromatic N) is 1. The van der Waals surface area contributed by atoms with Crippen LogP contribution in [0.3, 0.4) is 0 Å². The molecule has 68 valence electrons. The summed E-state index contributed by atoms with van der Waals surface area (Å²) in [5, 5.41) is 0.734. The topological polar surface area (TPSA) is 72.9 Å². The molecule has 0 bridgehead atoms. The van der Waals surface area contributed by atoms with Gasteiger partial charge in [0.05, 0.1) is 0 Å². The Hall–Kier alpha value is -1.43. The van der Waals surface area contributed by atoms with E-state index in [0.717, 1.165) is 5.06 Å². The van der Waals surface area contributed by atoms with E-state index in [4.69, 9.17) is 0 Å². The highest BCUT2D eigenvalue weighted by Gasteiger charge is 2.08.